The van der Waals surface area contributed by atoms with Crippen LogP contribution in [0.25, 0.3) is 26.4 Å². The number of anilines is 2. The summed E-state index contributed by atoms with van der Waals surface area (Å²) in [4.78, 5) is 21.8. The molecule has 0 atom stereocenters. The smallest absolute Gasteiger partial charge is 0.325 e. The second-order valence-electron chi connectivity index (χ2n) is 10.8. The van der Waals surface area contributed by atoms with Crippen molar-refractivity contribution >= 4 is 44.1 Å². The van der Waals surface area contributed by atoms with Crippen LogP contribution in [0, 0.1) is 0 Å². The molecule has 5 aromatic rings. The number of ether oxygens (including phenoxy) is 2. The van der Waals surface area contributed by atoms with Gasteiger partial charge in [-0.15, -0.1) is 0 Å². The monoisotopic (exact) mass is 560 g/mol. The van der Waals surface area contributed by atoms with Gasteiger partial charge >= 0.3 is 6.03 Å². The molecular weight excluding hydrogens is 528 g/mol. The first kappa shape index (κ1) is 26.3. The summed E-state index contributed by atoms with van der Waals surface area (Å²) >= 11 is 1.63. The lowest BCUT2D eigenvalue weighted by atomic mass is 9.93. The summed E-state index contributed by atoms with van der Waals surface area (Å²) in [5, 5.41) is 4.08. The molecule has 1 saturated heterocycles. The summed E-state index contributed by atoms with van der Waals surface area (Å²) in [6.07, 6.45) is 2.03. The lowest BCUT2D eigenvalue weighted by Crippen LogP contribution is -2.38. The number of primary amides is 1. The fourth-order valence-corrected chi connectivity index (χ4v) is 5.69. The Morgan fingerprint density at radius 3 is 2.60 bits per heavy atom. The van der Waals surface area contributed by atoms with Crippen molar-refractivity contribution in [1.29, 1.82) is 0 Å². The van der Waals surface area contributed by atoms with Crippen molar-refractivity contribution in [3.63, 3.8) is 0 Å². The first-order valence-corrected chi connectivity index (χ1v) is 14.1. The summed E-state index contributed by atoms with van der Waals surface area (Å²) in [7, 11) is 0. The number of hydrogen-bond donors (Lipinski definition) is 1. The highest BCUT2D eigenvalue weighted by Crippen LogP contribution is 2.34. The quantitative estimate of drug-likeness (QED) is 0.283. The molecule has 3 aromatic heterocycles. The first-order valence-electron chi connectivity index (χ1n) is 13.3. The van der Waals surface area contributed by atoms with Crippen LogP contribution in [-0.2, 0) is 10.2 Å². The molecule has 4 heterocycles. The zero-order valence-electron chi connectivity index (χ0n) is 22.8. The molecule has 6 rings (SSSR count). The Kier molecular flexibility index (Phi) is 6.95. The summed E-state index contributed by atoms with van der Waals surface area (Å²) in [6, 6.07) is 14.8. The number of rotatable bonds is 7. The zero-order chi connectivity index (χ0) is 27.9. The molecule has 0 spiro atoms. The van der Waals surface area contributed by atoms with Crippen LogP contribution in [-0.4, -0.2) is 64.9 Å². The van der Waals surface area contributed by atoms with Crippen LogP contribution in [0.15, 0.2) is 59.3 Å². The van der Waals surface area contributed by atoms with E-state index < -0.39 is 6.03 Å². The van der Waals surface area contributed by atoms with Gasteiger partial charge in [-0.2, -0.15) is 0 Å². The standard InChI is InChI=1S/C29H32N6O4S/c1-29(2,3)25-17-26(32-39-25)35(27(30)36)20-6-4-19(5-7-20)22-18-34-23-16-21(8-9-24(23)40-28(34)31-22)38-15-12-33-10-13-37-14-11-33/h4-9,16-18H,10-15H2,1-3H3,(H2,30,36). The number of nitrogens with two attached hydrogens (primary N) is 1. The average Bonchev–Trinajstić information content (AvgIpc) is 3.65. The van der Waals surface area contributed by atoms with Crippen LogP contribution in [0.4, 0.5) is 16.3 Å². The largest absolute Gasteiger partial charge is 0.492 e. The molecule has 2 aromatic carbocycles. The van der Waals surface area contributed by atoms with E-state index in [9.17, 15) is 4.79 Å². The number of carbonyl (C=O) groups is 1. The topological polar surface area (TPSA) is 111 Å². The Balaban J connectivity index is 1.21. The minimum Gasteiger partial charge on any atom is -0.492 e. The molecule has 0 radical (unpaired) electrons. The summed E-state index contributed by atoms with van der Waals surface area (Å²) in [5.41, 5.74) is 8.87. The molecule has 208 valence electrons. The third-order valence-corrected chi connectivity index (χ3v) is 7.99. The molecule has 0 aliphatic carbocycles. The number of amides is 2. The van der Waals surface area contributed by atoms with Crippen molar-refractivity contribution in [2.24, 2.45) is 5.73 Å². The van der Waals surface area contributed by atoms with Gasteiger partial charge in [-0.25, -0.2) is 14.7 Å². The molecule has 40 heavy (non-hydrogen) atoms. The molecule has 2 N–H and O–H groups in total. The van der Waals surface area contributed by atoms with Crippen LogP contribution in [0.1, 0.15) is 26.5 Å². The maximum absolute atomic E-state index is 12.3. The number of imidazole rings is 1. The van der Waals surface area contributed by atoms with Gasteiger partial charge in [0.15, 0.2) is 10.8 Å². The normalized spacial score (nSPS) is 14.7. The lowest BCUT2D eigenvalue weighted by Gasteiger charge is -2.26. The number of morpholine rings is 1. The van der Waals surface area contributed by atoms with Crippen LogP contribution in [0.2, 0.25) is 0 Å². The minimum absolute atomic E-state index is 0.244. The number of nitrogens with zero attached hydrogens (tertiary/aromatic N) is 5. The van der Waals surface area contributed by atoms with Gasteiger partial charge in [-0.1, -0.05) is 49.4 Å². The number of benzene rings is 2. The van der Waals surface area contributed by atoms with Crippen molar-refractivity contribution in [2.45, 2.75) is 26.2 Å². The van der Waals surface area contributed by atoms with E-state index in [2.05, 4.69) is 26.6 Å². The first-order chi connectivity index (χ1) is 19.3. The van der Waals surface area contributed by atoms with Crippen molar-refractivity contribution in [2.75, 3.05) is 44.4 Å². The number of hydrogen-bond acceptors (Lipinski definition) is 8. The number of urea groups is 1. The van der Waals surface area contributed by atoms with Gasteiger partial charge in [0.25, 0.3) is 0 Å². The van der Waals surface area contributed by atoms with E-state index in [0.717, 1.165) is 65.0 Å². The molecule has 1 aliphatic rings. The third-order valence-electron chi connectivity index (χ3n) is 6.95. The molecule has 1 aliphatic heterocycles. The van der Waals surface area contributed by atoms with Crippen LogP contribution in [0.3, 0.4) is 0 Å². The summed E-state index contributed by atoms with van der Waals surface area (Å²) in [5.74, 6) is 1.86. The molecule has 0 bridgehead atoms. The summed E-state index contributed by atoms with van der Waals surface area (Å²) < 4.78 is 20.2. The van der Waals surface area contributed by atoms with Gasteiger partial charge in [0.2, 0.25) is 0 Å². The maximum atomic E-state index is 12.3. The predicted octanol–water partition coefficient (Wildman–Crippen LogP) is 5.43. The molecule has 11 heteroatoms. The van der Waals surface area contributed by atoms with E-state index >= 15 is 0 Å². The Labute approximate surface area is 235 Å². The van der Waals surface area contributed by atoms with E-state index in [1.807, 2.05) is 57.3 Å². The van der Waals surface area contributed by atoms with Gasteiger partial charge in [-0.3, -0.25) is 9.30 Å². The van der Waals surface area contributed by atoms with Crippen LogP contribution in [0.5, 0.6) is 5.75 Å². The molecule has 0 saturated carbocycles. The minimum atomic E-state index is -0.640. The fourth-order valence-electron chi connectivity index (χ4n) is 4.70. The average molecular weight is 561 g/mol. The van der Waals surface area contributed by atoms with Crippen molar-refractivity contribution in [1.82, 2.24) is 19.4 Å². The number of aromatic nitrogens is 3. The van der Waals surface area contributed by atoms with Gasteiger partial charge in [0.05, 0.1) is 34.8 Å². The van der Waals surface area contributed by atoms with Gasteiger partial charge in [0.1, 0.15) is 18.1 Å². The predicted molar refractivity (Wildman–Crippen MR) is 156 cm³/mol. The van der Waals surface area contributed by atoms with E-state index in [1.54, 1.807) is 17.4 Å². The SMILES string of the molecule is CC(C)(C)c1cc(N(C(N)=O)c2ccc(-c3cn4c(n3)sc3ccc(OCCN5CCOCC5)cc34)cc2)no1. The second-order valence-corrected chi connectivity index (χ2v) is 11.8. The Hall–Kier alpha value is -3.93. The highest BCUT2D eigenvalue weighted by atomic mass is 32.1. The fraction of sp³-hybridized carbons (Fsp3) is 0.345. The zero-order valence-corrected chi connectivity index (χ0v) is 23.6. The highest BCUT2D eigenvalue weighted by molar-refractivity contribution is 7.23. The van der Waals surface area contributed by atoms with Crippen molar-refractivity contribution in [3.05, 3.63) is 60.5 Å². The Bertz CT molecular complexity index is 1640. The lowest BCUT2D eigenvalue weighted by molar-refractivity contribution is 0.0322. The van der Waals surface area contributed by atoms with Crippen LogP contribution < -0.4 is 15.4 Å². The molecule has 0 unspecified atom stereocenters. The summed E-state index contributed by atoms with van der Waals surface area (Å²) in [6.45, 7) is 11.0. The molecular formula is C29H32N6O4S. The second kappa shape index (κ2) is 10.6. The van der Waals surface area contributed by atoms with Gasteiger partial charge < -0.3 is 19.7 Å². The van der Waals surface area contributed by atoms with Crippen molar-refractivity contribution in [3.8, 4) is 17.0 Å². The van der Waals surface area contributed by atoms with Crippen molar-refractivity contribution < 1.29 is 18.8 Å². The molecule has 1 fully saturated rings. The molecule has 2 amide bonds. The molecule has 10 nitrogen and oxygen atoms in total. The maximum Gasteiger partial charge on any atom is 0.325 e. The number of carbonyl (C=O) groups excluding carboxylic acids is 1. The van der Waals surface area contributed by atoms with E-state index in [1.165, 1.54) is 4.90 Å². The highest BCUT2D eigenvalue weighted by Gasteiger charge is 2.25. The Morgan fingerprint density at radius 2 is 1.90 bits per heavy atom. The van der Waals surface area contributed by atoms with Gasteiger partial charge in [-0.05, 0) is 24.3 Å². The van der Waals surface area contributed by atoms with Gasteiger partial charge in [0, 0.05) is 48.9 Å². The van der Waals surface area contributed by atoms with Crippen LogP contribution >= 0.6 is 11.3 Å². The third kappa shape index (κ3) is 5.27. The van der Waals surface area contributed by atoms with E-state index in [-0.39, 0.29) is 5.41 Å². The number of thiazole rings is 1. The number of fused-ring (bicyclic) bond motifs is 3. The van der Waals surface area contributed by atoms with E-state index in [4.69, 9.17) is 24.7 Å². The van der Waals surface area contributed by atoms with E-state index in [0.29, 0.717) is 23.9 Å². The Morgan fingerprint density at radius 1 is 1.12 bits per heavy atom.